The van der Waals surface area contributed by atoms with Gasteiger partial charge in [-0.05, 0) is 57.5 Å². The average Bonchev–Trinajstić information content (AvgIpc) is 3.00. The lowest BCUT2D eigenvalue weighted by atomic mass is 10.0. The Kier molecular flexibility index (Phi) is 6.08. The number of nitrogens with one attached hydrogen (secondary N) is 1. The third-order valence-corrected chi connectivity index (χ3v) is 5.25. The Labute approximate surface area is 160 Å². The van der Waals surface area contributed by atoms with Gasteiger partial charge in [-0.2, -0.15) is 0 Å². The number of aryl methyl sites for hydroxylation is 2. The zero-order valence-corrected chi connectivity index (χ0v) is 16.3. The molecule has 0 spiro atoms. The van der Waals surface area contributed by atoms with Gasteiger partial charge in [0, 0.05) is 24.2 Å². The first kappa shape index (κ1) is 19.3. The van der Waals surface area contributed by atoms with Crippen LogP contribution < -0.4 is 5.48 Å². The molecule has 6 heteroatoms. The zero-order chi connectivity index (χ0) is 19.4. The van der Waals surface area contributed by atoms with Crippen LogP contribution in [0.15, 0.2) is 30.3 Å². The molecule has 1 aromatic carbocycles. The van der Waals surface area contributed by atoms with Crippen molar-refractivity contribution < 1.29 is 10.0 Å². The van der Waals surface area contributed by atoms with Gasteiger partial charge in [0.25, 0.3) is 5.91 Å². The summed E-state index contributed by atoms with van der Waals surface area (Å²) in [6, 6.07) is 8.49. The Bertz CT molecular complexity index is 841. The number of nitrogens with zero attached hydrogens (tertiary/aromatic N) is 3. The second-order valence-corrected chi connectivity index (χ2v) is 7.09. The summed E-state index contributed by atoms with van der Waals surface area (Å²) in [5, 5.41) is 8.64. The van der Waals surface area contributed by atoms with E-state index in [9.17, 15) is 4.79 Å². The molecule has 2 N–H and O–H groups in total. The predicted octanol–water partition coefficient (Wildman–Crippen LogP) is 3.34. The Hall–Kier alpha value is -2.44. The third kappa shape index (κ3) is 4.28. The number of hydrogen-bond donors (Lipinski definition) is 2. The van der Waals surface area contributed by atoms with Gasteiger partial charge in [-0.3, -0.25) is 10.0 Å². The number of amides is 1. The second kappa shape index (κ2) is 8.50. The maximum absolute atomic E-state index is 11.3. The molecule has 1 aliphatic rings. The quantitative estimate of drug-likeness (QED) is 0.482. The van der Waals surface area contributed by atoms with Crippen LogP contribution in [0.25, 0.3) is 17.3 Å². The Morgan fingerprint density at radius 2 is 2.22 bits per heavy atom. The summed E-state index contributed by atoms with van der Waals surface area (Å²) in [4.78, 5) is 18.5. The second-order valence-electron chi connectivity index (χ2n) is 7.09. The van der Waals surface area contributed by atoms with Gasteiger partial charge in [-0.25, -0.2) is 10.5 Å². The molecule has 0 bridgehead atoms. The van der Waals surface area contributed by atoms with Gasteiger partial charge in [0.2, 0.25) is 0 Å². The molecule has 1 aromatic heterocycles. The highest BCUT2D eigenvalue weighted by Crippen LogP contribution is 2.32. The third-order valence-electron chi connectivity index (χ3n) is 5.25. The molecule has 1 amide bonds. The maximum atomic E-state index is 11.3. The molecule has 0 aliphatic carbocycles. The molecule has 1 atom stereocenters. The van der Waals surface area contributed by atoms with E-state index in [0.29, 0.717) is 6.04 Å². The lowest BCUT2D eigenvalue weighted by Gasteiger charge is -2.34. The van der Waals surface area contributed by atoms with E-state index < -0.39 is 5.91 Å². The van der Waals surface area contributed by atoms with Gasteiger partial charge in [-0.1, -0.05) is 25.1 Å². The smallest absolute Gasteiger partial charge is 0.267 e. The van der Waals surface area contributed by atoms with Crippen LogP contribution in [-0.2, 0) is 4.79 Å². The van der Waals surface area contributed by atoms with Crippen LogP contribution in [0.4, 0.5) is 0 Å². The summed E-state index contributed by atoms with van der Waals surface area (Å²) in [6.45, 7) is 9.65. The number of likely N-dealkylation sites (tertiary alicyclic amines) is 1. The van der Waals surface area contributed by atoms with Crippen LogP contribution in [0.3, 0.4) is 0 Å². The minimum atomic E-state index is -0.542. The van der Waals surface area contributed by atoms with Crippen molar-refractivity contribution in [3.8, 4) is 11.3 Å². The molecule has 2 heterocycles. The van der Waals surface area contributed by atoms with Crippen LogP contribution in [0, 0.1) is 13.8 Å². The minimum Gasteiger partial charge on any atom is -0.324 e. The van der Waals surface area contributed by atoms with Gasteiger partial charge in [0.05, 0.1) is 11.4 Å². The summed E-state index contributed by atoms with van der Waals surface area (Å²) in [7, 11) is 0. The van der Waals surface area contributed by atoms with E-state index in [1.54, 1.807) is 11.6 Å². The van der Waals surface area contributed by atoms with Crippen LogP contribution >= 0.6 is 0 Å². The van der Waals surface area contributed by atoms with Crippen molar-refractivity contribution >= 4 is 12.0 Å². The lowest BCUT2D eigenvalue weighted by Crippen LogP contribution is -2.36. The van der Waals surface area contributed by atoms with Crippen LogP contribution in [-0.4, -0.2) is 45.2 Å². The highest BCUT2D eigenvalue weighted by molar-refractivity contribution is 5.91. The predicted molar refractivity (Wildman–Crippen MR) is 106 cm³/mol. The molecule has 27 heavy (non-hydrogen) atoms. The normalized spacial score (nSPS) is 18.1. The van der Waals surface area contributed by atoms with E-state index in [0.717, 1.165) is 47.8 Å². The average molecular weight is 368 g/mol. The Balaban J connectivity index is 1.98. The highest BCUT2D eigenvalue weighted by Gasteiger charge is 2.25. The Morgan fingerprint density at radius 1 is 1.41 bits per heavy atom. The van der Waals surface area contributed by atoms with Crippen molar-refractivity contribution in [2.75, 3.05) is 19.6 Å². The van der Waals surface area contributed by atoms with E-state index in [4.69, 9.17) is 10.2 Å². The number of imidazole rings is 1. The number of hydroxylamine groups is 1. The van der Waals surface area contributed by atoms with Crippen molar-refractivity contribution in [3.05, 3.63) is 47.4 Å². The molecule has 0 saturated carbocycles. The number of carbonyl (C=O) groups is 1. The fourth-order valence-electron chi connectivity index (χ4n) is 4.01. The molecule has 144 valence electrons. The number of rotatable bonds is 5. The molecular formula is C21H28N4O2. The molecule has 1 fully saturated rings. The standard InChI is InChI=1S/C21H28N4O2/c1-4-24-12-6-9-19(14-24)25-16(3)22-15(2)21(25)18-8-5-7-17(13-18)10-11-20(26)23-27/h5,7-8,10-11,13,19,27H,4,6,9,12,14H2,1-3H3,(H,23,26)/b11-10+. The van der Waals surface area contributed by atoms with Crippen molar-refractivity contribution in [1.29, 1.82) is 0 Å². The van der Waals surface area contributed by atoms with Gasteiger partial charge in [0.1, 0.15) is 5.82 Å². The van der Waals surface area contributed by atoms with Crippen molar-refractivity contribution in [2.45, 2.75) is 39.7 Å². The molecular weight excluding hydrogens is 340 g/mol. The first-order valence-electron chi connectivity index (χ1n) is 9.53. The van der Waals surface area contributed by atoms with E-state index in [-0.39, 0.29) is 0 Å². The summed E-state index contributed by atoms with van der Waals surface area (Å²) in [5.74, 6) is 0.505. The van der Waals surface area contributed by atoms with Crippen molar-refractivity contribution in [1.82, 2.24) is 19.9 Å². The van der Waals surface area contributed by atoms with Gasteiger partial charge >= 0.3 is 0 Å². The topological polar surface area (TPSA) is 70.4 Å². The summed E-state index contributed by atoms with van der Waals surface area (Å²) in [6.07, 6.45) is 5.37. The van der Waals surface area contributed by atoms with Crippen LogP contribution in [0.2, 0.25) is 0 Å². The number of carbonyl (C=O) groups excluding carboxylic acids is 1. The zero-order valence-electron chi connectivity index (χ0n) is 16.3. The van der Waals surface area contributed by atoms with Gasteiger partial charge in [0.15, 0.2) is 0 Å². The van der Waals surface area contributed by atoms with Crippen molar-refractivity contribution in [3.63, 3.8) is 0 Å². The number of aromatic nitrogens is 2. The molecule has 0 radical (unpaired) electrons. The SMILES string of the molecule is CCN1CCCC(n2c(C)nc(C)c2-c2cccc(/C=C/C(=O)NO)c2)C1. The molecule has 6 nitrogen and oxygen atoms in total. The molecule has 3 rings (SSSR count). The fraction of sp³-hybridized carbons (Fsp3) is 0.429. The summed E-state index contributed by atoms with van der Waals surface area (Å²) >= 11 is 0. The van der Waals surface area contributed by atoms with E-state index in [1.165, 1.54) is 19.0 Å². The Morgan fingerprint density at radius 3 is 2.96 bits per heavy atom. The summed E-state index contributed by atoms with van der Waals surface area (Å²) < 4.78 is 2.39. The van der Waals surface area contributed by atoms with Gasteiger partial charge < -0.3 is 9.47 Å². The number of benzene rings is 1. The monoisotopic (exact) mass is 368 g/mol. The van der Waals surface area contributed by atoms with Gasteiger partial charge in [-0.15, -0.1) is 0 Å². The first-order chi connectivity index (χ1) is 13.0. The molecule has 1 unspecified atom stereocenters. The molecule has 1 aliphatic heterocycles. The highest BCUT2D eigenvalue weighted by atomic mass is 16.5. The summed E-state index contributed by atoms with van der Waals surface area (Å²) in [5.41, 5.74) is 5.78. The molecule has 1 saturated heterocycles. The van der Waals surface area contributed by atoms with E-state index in [1.807, 2.05) is 12.1 Å². The van der Waals surface area contributed by atoms with Crippen LogP contribution in [0.5, 0.6) is 0 Å². The minimum absolute atomic E-state index is 0.425. The molecule has 2 aromatic rings. The fourth-order valence-corrected chi connectivity index (χ4v) is 4.01. The van der Waals surface area contributed by atoms with Crippen LogP contribution in [0.1, 0.15) is 42.9 Å². The number of hydrogen-bond acceptors (Lipinski definition) is 4. The lowest BCUT2D eigenvalue weighted by molar-refractivity contribution is -0.124. The van der Waals surface area contributed by atoms with E-state index >= 15 is 0 Å². The van der Waals surface area contributed by atoms with E-state index in [2.05, 4.69) is 42.4 Å². The first-order valence-corrected chi connectivity index (χ1v) is 9.53. The largest absolute Gasteiger partial charge is 0.324 e. The number of likely N-dealkylation sites (N-methyl/N-ethyl adjacent to an activating group) is 1. The maximum Gasteiger partial charge on any atom is 0.267 e. The number of piperidine rings is 1. The van der Waals surface area contributed by atoms with Crippen molar-refractivity contribution in [2.24, 2.45) is 0 Å².